The molecule has 2 unspecified atom stereocenters. The fourth-order valence-electron chi connectivity index (χ4n) is 3.86. The maximum atomic E-state index is 12.5. The first-order chi connectivity index (χ1) is 9.44. The molecule has 2 aliphatic carbocycles. The van der Waals surface area contributed by atoms with E-state index in [1.807, 2.05) is 32.9 Å². The highest BCUT2D eigenvalue weighted by Crippen LogP contribution is 2.50. The highest BCUT2D eigenvalue weighted by molar-refractivity contribution is 6.00. The second-order valence-electron chi connectivity index (χ2n) is 6.27. The minimum absolute atomic E-state index is 0.107. The molecule has 0 N–H and O–H groups in total. The lowest BCUT2D eigenvalue weighted by molar-refractivity contribution is -0.159. The Morgan fingerprint density at radius 1 is 1.25 bits per heavy atom. The monoisotopic (exact) mass is 272 g/mol. The summed E-state index contributed by atoms with van der Waals surface area (Å²) >= 11 is 0. The number of aryl methyl sites for hydroxylation is 3. The zero-order valence-electron chi connectivity index (χ0n) is 12.3. The van der Waals surface area contributed by atoms with Crippen LogP contribution in [0.5, 0.6) is 0 Å². The van der Waals surface area contributed by atoms with Gasteiger partial charge >= 0.3 is 5.97 Å². The average Bonchev–Trinajstić information content (AvgIpc) is 2.65. The van der Waals surface area contributed by atoms with Crippen molar-refractivity contribution in [2.24, 2.45) is 5.92 Å². The first-order valence-corrected chi connectivity index (χ1v) is 7.28. The Labute approximate surface area is 119 Å². The minimum Gasteiger partial charge on any atom is -0.447 e. The van der Waals surface area contributed by atoms with Gasteiger partial charge in [-0.15, -0.1) is 0 Å². The smallest absolute Gasteiger partial charge is 0.339 e. The standard InChI is InChI=1S/C17H20O3/c1-10-7-11(2)15(12(3)8-10)16(19)20-17-6-4-5-13(17)9-14(17)18/h7-8,13H,4-6,9H2,1-3H3. The van der Waals surface area contributed by atoms with Crippen LogP contribution in [0.4, 0.5) is 0 Å². The van der Waals surface area contributed by atoms with E-state index in [1.165, 1.54) is 0 Å². The van der Waals surface area contributed by atoms with Gasteiger partial charge in [0.1, 0.15) is 0 Å². The number of benzene rings is 1. The van der Waals surface area contributed by atoms with Crippen molar-refractivity contribution in [3.63, 3.8) is 0 Å². The number of ether oxygens (including phenoxy) is 1. The van der Waals surface area contributed by atoms with Crippen LogP contribution in [-0.4, -0.2) is 17.4 Å². The van der Waals surface area contributed by atoms with Gasteiger partial charge in [-0.1, -0.05) is 17.7 Å². The van der Waals surface area contributed by atoms with E-state index in [2.05, 4.69) is 0 Å². The molecule has 2 saturated carbocycles. The second kappa shape index (κ2) is 4.44. The molecule has 0 radical (unpaired) electrons. The summed E-state index contributed by atoms with van der Waals surface area (Å²) in [6, 6.07) is 3.96. The number of hydrogen-bond donors (Lipinski definition) is 0. The average molecular weight is 272 g/mol. The molecule has 3 nitrogen and oxygen atoms in total. The van der Waals surface area contributed by atoms with E-state index in [9.17, 15) is 9.59 Å². The molecule has 3 rings (SSSR count). The second-order valence-corrected chi connectivity index (χ2v) is 6.27. The number of esters is 1. The van der Waals surface area contributed by atoms with Gasteiger partial charge in [0.05, 0.1) is 5.56 Å². The quantitative estimate of drug-likeness (QED) is 0.776. The number of hydrogen-bond acceptors (Lipinski definition) is 3. The van der Waals surface area contributed by atoms with Crippen LogP contribution in [0.1, 0.15) is 52.7 Å². The number of carbonyl (C=O) groups is 2. The van der Waals surface area contributed by atoms with E-state index in [1.54, 1.807) is 0 Å². The Morgan fingerprint density at radius 2 is 1.90 bits per heavy atom. The Kier molecular flexibility index (Phi) is 2.96. The summed E-state index contributed by atoms with van der Waals surface area (Å²) in [5.41, 5.74) is 2.81. The molecule has 0 aliphatic heterocycles. The molecule has 1 aromatic carbocycles. The molecule has 0 saturated heterocycles. The third-order valence-corrected chi connectivity index (χ3v) is 4.82. The SMILES string of the molecule is Cc1cc(C)c(C(=O)OC23CCCC2CC3=O)c(C)c1. The van der Waals surface area contributed by atoms with Gasteiger partial charge in [-0.25, -0.2) is 4.79 Å². The van der Waals surface area contributed by atoms with Crippen LogP contribution in [0.15, 0.2) is 12.1 Å². The third-order valence-electron chi connectivity index (χ3n) is 4.82. The van der Waals surface area contributed by atoms with Gasteiger partial charge in [-0.3, -0.25) is 4.79 Å². The van der Waals surface area contributed by atoms with E-state index in [-0.39, 0.29) is 17.7 Å². The Bertz CT molecular complexity index is 579. The largest absolute Gasteiger partial charge is 0.447 e. The zero-order chi connectivity index (χ0) is 14.5. The Hall–Kier alpha value is -1.64. The van der Waals surface area contributed by atoms with Gasteiger partial charge in [0.2, 0.25) is 0 Å². The Morgan fingerprint density at radius 3 is 2.45 bits per heavy atom. The number of ketones is 1. The Balaban J connectivity index is 1.89. The summed E-state index contributed by atoms with van der Waals surface area (Å²) < 4.78 is 5.71. The van der Waals surface area contributed by atoms with Gasteiger partial charge < -0.3 is 4.74 Å². The van der Waals surface area contributed by atoms with Crippen molar-refractivity contribution in [2.75, 3.05) is 0 Å². The normalized spacial score (nSPS) is 27.9. The molecule has 2 atom stereocenters. The zero-order valence-corrected chi connectivity index (χ0v) is 12.3. The van der Waals surface area contributed by atoms with Crippen molar-refractivity contribution in [2.45, 2.75) is 52.1 Å². The van der Waals surface area contributed by atoms with Crippen molar-refractivity contribution >= 4 is 11.8 Å². The predicted octanol–water partition coefficient (Wildman–Crippen LogP) is 3.28. The first kappa shape index (κ1) is 13.3. The van der Waals surface area contributed by atoms with Gasteiger partial charge in [-0.2, -0.15) is 0 Å². The van der Waals surface area contributed by atoms with Gasteiger partial charge in [0, 0.05) is 12.3 Å². The van der Waals surface area contributed by atoms with E-state index >= 15 is 0 Å². The lowest BCUT2D eigenvalue weighted by Gasteiger charge is -2.42. The van der Waals surface area contributed by atoms with Crippen LogP contribution >= 0.6 is 0 Å². The van der Waals surface area contributed by atoms with Crippen molar-refractivity contribution in [1.82, 2.24) is 0 Å². The molecule has 1 aromatic rings. The summed E-state index contributed by atoms with van der Waals surface area (Å²) in [4.78, 5) is 24.5. The molecule has 20 heavy (non-hydrogen) atoms. The fourth-order valence-corrected chi connectivity index (χ4v) is 3.86. The van der Waals surface area contributed by atoms with E-state index < -0.39 is 5.60 Å². The molecule has 3 heteroatoms. The summed E-state index contributed by atoms with van der Waals surface area (Å²) in [6.07, 6.45) is 3.27. The third kappa shape index (κ3) is 1.80. The van der Waals surface area contributed by atoms with Crippen LogP contribution in [-0.2, 0) is 9.53 Å². The molecule has 2 aliphatic rings. The molecular weight excluding hydrogens is 252 g/mol. The number of Topliss-reactive ketones (excluding diaryl/α,β-unsaturated/α-hetero) is 1. The molecule has 106 valence electrons. The van der Waals surface area contributed by atoms with Crippen molar-refractivity contribution < 1.29 is 14.3 Å². The molecule has 0 heterocycles. The van der Waals surface area contributed by atoms with Gasteiger partial charge in [0.25, 0.3) is 0 Å². The van der Waals surface area contributed by atoms with Gasteiger partial charge in [0.15, 0.2) is 11.4 Å². The predicted molar refractivity (Wildman–Crippen MR) is 75.8 cm³/mol. The fraction of sp³-hybridized carbons (Fsp3) is 0.529. The molecule has 0 aromatic heterocycles. The van der Waals surface area contributed by atoms with Crippen molar-refractivity contribution in [3.05, 3.63) is 34.4 Å². The molecule has 0 spiro atoms. The van der Waals surface area contributed by atoms with Crippen LogP contribution in [0.2, 0.25) is 0 Å². The van der Waals surface area contributed by atoms with E-state index in [0.29, 0.717) is 18.4 Å². The maximum Gasteiger partial charge on any atom is 0.339 e. The highest BCUT2D eigenvalue weighted by Gasteiger charge is 2.60. The number of fused-ring (bicyclic) bond motifs is 1. The van der Waals surface area contributed by atoms with Crippen molar-refractivity contribution in [3.8, 4) is 0 Å². The van der Waals surface area contributed by atoms with Gasteiger partial charge in [-0.05, 0) is 51.2 Å². The number of carbonyl (C=O) groups excluding carboxylic acids is 2. The minimum atomic E-state index is -0.791. The van der Waals surface area contributed by atoms with Crippen LogP contribution < -0.4 is 0 Å². The summed E-state index contributed by atoms with van der Waals surface area (Å²) in [5, 5.41) is 0. The lowest BCUT2D eigenvalue weighted by Crippen LogP contribution is -2.56. The van der Waals surface area contributed by atoms with Crippen molar-refractivity contribution in [1.29, 1.82) is 0 Å². The highest BCUT2D eigenvalue weighted by atomic mass is 16.6. The van der Waals surface area contributed by atoms with E-state index in [0.717, 1.165) is 29.5 Å². The summed E-state index contributed by atoms with van der Waals surface area (Å²) in [5.74, 6) is 0.0285. The molecule has 2 fully saturated rings. The van der Waals surface area contributed by atoms with Crippen LogP contribution in [0, 0.1) is 26.7 Å². The first-order valence-electron chi connectivity index (χ1n) is 7.28. The maximum absolute atomic E-state index is 12.5. The van der Waals surface area contributed by atoms with Crippen LogP contribution in [0.3, 0.4) is 0 Å². The summed E-state index contributed by atoms with van der Waals surface area (Å²) in [7, 11) is 0. The number of rotatable bonds is 2. The molecular formula is C17H20O3. The lowest BCUT2D eigenvalue weighted by atomic mass is 9.70. The summed E-state index contributed by atoms with van der Waals surface area (Å²) in [6.45, 7) is 5.85. The molecule has 0 bridgehead atoms. The molecule has 0 amide bonds. The van der Waals surface area contributed by atoms with E-state index in [4.69, 9.17) is 4.74 Å². The van der Waals surface area contributed by atoms with Crippen LogP contribution in [0.25, 0.3) is 0 Å². The topological polar surface area (TPSA) is 43.4 Å².